The van der Waals surface area contributed by atoms with Gasteiger partial charge in [0.25, 0.3) is 0 Å². The van der Waals surface area contributed by atoms with Crippen LogP contribution in [0.3, 0.4) is 0 Å². The molecule has 0 aliphatic carbocycles. The average molecular weight is 547 g/mol. The number of piperazine rings is 1. The van der Waals surface area contributed by atoms with Crippen molar-refractivity contribution in [2.75, 3.05) is 37.7 Å². The molecule has 3 rings (SSSR count). The third-order valence-corrected chi connectivity index (χ3v) is 4.82. The van der Waals surface area contributed by atoms with Gasteiger partial charge in [-0.15, -0.1) is 24.0 Å². The molecule has 8 nitrogen and oxygen atoms in total. The molecule has 0 unspecified atom stereocenters. The number of carbonyl (C=O) groups excluding carboxylic acids is 1. The first kappa shape index (κ1) is 24.3. The van der Waals surface area contributed by atoms with E-state index < -0.39 is 0 Å². The van der Waals surface area contributed by atoms with E-state index in [1.807, 2.05) is 44.1 Å². The van der Waals surface area contributed by atoms with Crippen molar-refractivity contribution in [2.45, 2.75) is 20.4 Å². The lowest BCUT2D eigenvalue weighted by Crippen LogP contribution is -2.55. The van der Waals surface area contributed by atoms with E-state index in [-0.39, 0.29) is 36.4 Å². The van der Waals surface area contributed by atoms with Gasteiger partial charge in [-0.25, -0.2) is 4.99 Å². The third kappa shape index (κ3) is 6.00. The first-order valence-corrected chi connectivity index (χ1v) is 10.1. The number of hydrogen-bond acceptors (Lipinski definition) is 4. The Morgan fingerprint density at radius 2 is 2.13 bits per heavy atom. The molecule has 0 atom stereocenters. The molecule has 2 heterocycles. The second-order valence-electron chi connectivity index (χ2n) is 6.69. The molecule has 1 aromatic heterocycles. The van der Waals surface area contributed by atoms with Gasteiger partial charge in [-0.1, -0.05) is 17.7 Å². The largest absolute Gasteiger partial charge is 0.493 e. The summed E-state index contributed by atoms with van der Waals surface area (Å²) in [6.45, 7) is 7.19. The minimum atomic E-state index is 0. The summed E-state index contributed by atoms with van der Waals surface area (Å²) in [7, 11) is 1.84. The van der Waals surface area contributed by atoms with E-state index in [9.17, 15) is 4.79 Å². The molecule has 10 heteroatoms. The maximum absolute atomic E-state index is 12.7. The first-order chi connectivity index (χ1) is 14.0. The van der Waals surface area contributed by atoms with Crippen molar-refractivity contribution in [1.82, 2.24) is 20.0 Å². The number of aliphatic imine (C=N–C) groups is 1. The number of benzene rings is 1. The Kier molecular flexibility index (Phi) is 9.22. The van der Waals surface area contributed by atoms with Crippen LogP contribution < -0.4 is 15.0 Å². The number of aryl methyl sites for hydroxylation is 1. The Morgan fingerprint density at radius 3 is 2.77 bits per heavy atom. The van der Waals surface area contributed by atoms with E-state index in [1.54, 1.807) is 21.8 Å². The maximum atomic E-state index is 12.7. The summed E-state index contributed by atoms with van der Waals surface area (Å²) in [5, 5.41) is 8.07. The van der Waals surface area contributed by atoms with Crippen LogP contribution in [0.1, 0.15) is 19.4 Å². The predicted molar refractivity (Wildman–Crippen MR) is 130 cm³/mol. The summed E-state index contributed by atoms with van der Waals surface area (Å²) in [4.78, 5) is 21.2. The van der Waals surface area contributed by atoms with Crippen LogP contribution in [0.25, 0.3) is 0 Å². The zero-order valence-corrected chi connectivity index (χ0v) is 20.6. The van der Waals surface area contributed by atoms with Crippen molar-refractivity contribution in [3.63, 3.8) is 0 Å². The SMILES string of the molecule is CCNC(=NCc1ccc(Cl)cc1OCC)N1CCN(c2cnn(C)c2)C(=O)C1.I. The second kappa shape index (κ2) is 11.4. The zero-order valence-electron chi connectivity index (χ0n) is 17.5. The van der Waals surface area contributed by atoms with Gasteiger partial charge in [0, 0.05) is 43.5 Å². The van der Waals surface area contributed by atoms with Crippen LogP contribution in [0.2, 0.25) is 5.02 Å². The minimum absolute atomic E-state index is 0. The van der Waals surface area contributed by atoms with Crippen LogP contribution in [0.15, 0.2) is 35.6 Å². The van der Waals surface area contributed by atoms with Crippen LogP contribution >= 0.6 is 35.6 Å². The van der Waals surface area contributed by atoms with E-state index in [1.165, 1.54) is 0 Å². The third-order valence-electron chi connectivity index (χ3n) is 4.59. The van der Waals surface area contributed by atoms with Crippen molar-refractivity contribution >= 4 is 53.1 Å². The fraction of sp³-hybridized carbons (Fsp3) is 0.450. The number of nitrogens with zero attached hydrogens (tertiary/aromatic N) is 5. The molecule has 1 N–H and O–H groups in total. The zero-order chi connectivity index (χ0) is 20.8. The summed E-state index contributed by atoms with van der Waals surface area (Å²) in [6, 6.07) is 5.56. The van der Waals surface area contributed by atoms with Gasteiger partial charge in [0.05, 0.1) is 25.0 Å². The molecule has 0 bridgehead atoms. The van der Waals surface area contributed by atoms with Gasteiger partial charge in [0.15, 0.2) is 5.96 Å². The molecule has 164 valence electrons. The number of hydrogen-bond donors (Lipinski definition) is 1. The highest BCUT2D eigenvalue weighted by Crippen LogP contribution is 2.24. The number of anilines is 1. The van der Waals surface area contributed by atoms with E-state index in [4.69, 9.17) is 21.3 Å². The van der Waals surface area contributed by atoms with E-state index in [2.05, 4.69) is 10.4 Å². The van der Waals surface area contributed by atoms with Crippen molar-refractivity contribution in [2.24, 2.45) is 12.0 Å². The molecule has 1 aliphatic heterocycles. The van der Waals surface area contributed by atoms with Gasteiger partial charge in [0.1, 0.15) is 12.3 Å². The average Bonchev–Trinajstić information content (AvgIpc) is 3.12. The Hall–Kier alpha value is -2.01. The lowest BCUT2D eigenvalue weighted by atomic mass is 10.2. The summed E-state index contributed by atoms with van der Waals surface area (Å²) in [5.74, 6) is 1.47. The monoisotopic (exact) mass is 546 g/mol. The minimum Gasteiger partial charge on any atom is -0.493 e. The molecule has 30 heavy (non-hydrogen) atoms. The van der Waals surface area contributed by atoms with E-state index in [0.717, 1.165) is 23.5 Å². The number of guanidine groups is 1. The first-order valence-electron chi connectivity index (χ1n) is 9.75. The smallest absolute Gasteiger partial charge is 0.246 e. The lowest BCUT2D eigenvalue weighted by molar-refractivity contribution is -0.120. The van der Waals surface area contributed by atoms with Crippen molar-refractivity contribution in [3.05, 3.63) is 41.2 Å². The standard InChI is InChI=1S/C20H27ClN6O2.HI/c1-4-22-20(23-11-15-6-7-16(21)10-18(15)29-5-2)26-8-9-27(19(28)14-26)17-12-24-25(3)13-17;/h6-7,10,12-13H,4-5,8-9,11,14H2,1-3H3,(H,22,23);1H. The van der Waals surface area contributed by atoms with Gasteiger partial charge >= 0.3 is 0 Å². The number of aromatic nitrogens is 2. The van der Waals surface area contributed by atoms with E-state index >= 15 is 0 Å². The quantitative estimate of drug-likeness (QED) is 0.343. The van der Waals surface area contributed by atoms with E-state index in [0.29, 0.717) is 37.2 Å². The van der Waals surface area contributed by atoms with Crippen molar-refractivity contribution in [3.8, 4) is 5.75 Å². The molecule has 1 aromatic carbocycles. The number of nitrogens with one attached hydrogen (secondary N) is 1. The van der Waals surface area contributed by atoms with Crippen molar-refractivity contribution in [1.29, 1.82) is 0 Å². The summed E-state index contributed by atoms with van der Waals surface area (Å²) < 4.78 is 7.38. The van der Waals surface area contributed by atoms with Gasteiger partial charge in [-0.3, -0.25) is 9.48 Å². The van der Waals surface area contributed by atoms with Gasteiger partial charge in [0.2, 0.25) is 5.91 Å². The highest BCUT2D eigenvalue weighted by atomic mass is 127. The number of ether oxygens (including phenoxy) is 1. The molecule has 0 spiro atoms. The number of amides is 1. The molecule has 1 aliphatic rings. The Balaban J connectivity index is 0.00000320. The van der Waals surface area contributed by atoms with Gasteiger partial charge < -0.3 is 19.9 Å². The normalized spacial score (nSPS) is 14.5. The van der Waals surface area contributed by atoms with Crippen LogP contribution in [0.4, 0.5) is 5.69 Å². The molecule has 2 aromatic rings. The number of carbonyl (C=O) groups is 1. The highest BCUT2D eigenvalue weighted by Gasteiger charge is 2.27. The number of halogens is 2. The van der Waals surface area contributed by atoms with Gasteiger partial charge in [-0.05, 0) is 26.0 Å². The highest BCUT2D eigenvalue weighted by molar-refractivity contribution is 14.0. The summed E-state index contributed by atoms with van der Waals surface area (Å²) in [5.41, 5.74) is 1.77. The second-order valence-corrected chi connectivity index (χ2v) is 7.13. The molecule has 1 saturated heterocycles. The Bertz CT molecular complexity index is 888. The Labute approximate surface area is 199 Å². The molecule has 0 saturated carbocycles. The molecule has 1 fully saturated rings. The Morgan fingerprint density at radius 1 is 1.33 bits per heavy atom. The van der Waals surface area contributed by atoms with Crippen LogP contribution in [0, 0.1) is 0 Å². The lowest BCUT2D eigenvalue weighted by Gasteiger charge is -2.35. The summed E-state index contributed by atoms with van der Waals surface area (Å²) >= 11 is 6.08. The molecular weight excluding hydrogens is 519 g/mol. The topological polar surface area (TPSA) is 75.0 Å². The van der Waals surface area contributed by atoms with Crippen molar-refractivity contribution < 1.29 is 9.53 Å². The molecule has 0 radical (unpaired) electrons. The molecule has 1 amide bonds. The maximum Gasteiger partial charge on any atom is 0.246 e. The summed E-state index contributed by atoms with van der Waals surface area (Å²) in [6.07, 6.45) is 3.56. The fourth-order valence-corrected chi connectivity index (χ4v) is 3.37. The van der Waals surface area contributed by atoms with Crippen LogP contribution in [-0.2, 0) is 18.4 Å². The fourth-order valence-electron chi connectivity index (χ4n) is 3.21. The van der Waals surface area contributed by atoms with Crippen LogP contribution in [-0.4, -0.2) is 59.3 Å². The van der Waals surface area contributed by atoms with Gasteiger partial charge in [-0.2, -0.15) is 5.10 Å². The van der Waals surface area contributed by atoms with Crippen LogP contribution in [0.5, 0.6) is 5.75 Å². The molecular formula is C20H28ClIN6O2. The number of rotatable bonds is 6. The predicted octanol–water partition coefficient (Wildman–Crippen LogP) is 2.90.